The van der Waals surface area contributed by atoms with Gasteiger partial charge < -0.3 is 10.3 Å². The Morgan fingerprint density at radius 2 is 2.31 bits per heavy atom. The molecule has 2 aromatic rings. The van der Waals surface area contributed by atoms with Gasteiger partial charge in [0.1, 0.15) is 6.07 Å². The second-order valence-electron chi connectivity index (χ2n) is 3.34. The predicted octanol–water partition coefficient (Wildman–Crippen LogP) is 2.04. The first-order valence-electron chi connectivity index (χ1n) is 4.66. The Morgan fingerprint density at radius 3 is 3.06 bits per heavy atom. The minimum atomic E-state index is 0.360. The molecule has 5 heteroatoms. The molecule has 0 amide bonds. The van der Waals surface area contributed by atoms with Gasteiger partial charge in [-0.3, -0.25) is 0 Å². The van der Waals surface area contributed by atoms with Crippen molar-refractivity contribution in [2.75, 3.05) is 5.73 Å². The van der Waals surface area contributed by atoms with Crippen LogP contribution in [-0.2, 0) is 6.54 Å². The van der Waals surface area contributed by atoms with Crippen molar-refractivity contribution in [1.82, 2.24) is 9.55 Å². The number of nitrogens with zero attached hydrogens (tertiary/aromatic N) is 3. The van der Waals surface area contributed by atoms with Crippen LogP contribution in [0.4, 0.5) is 5.69 Å². The third-order valence-corrected chi connectivity index (χ3v) is 2.59. The second kappa shape index (κ2) is 4.25. The maximum Gasteiger partial charge on any atom is 0.213 e. The number of hydrogen-bond acceptors (Lipinski definition) is 3. The van der Waals surface area contributed by atoms with Gasteiger partial charge in [0.05, 0.1) is 6.54 Å². The molecule has 1 aromatic carbocycles. The number of nitrogens with two attached hydrogens (primary N) is 1. The van der Waals surface area contributed by atoms with Crippen LogP contribution in [0.1, 0.15) is 11.4 Å². The summed E-state index contributed by atoms with van der Waals surface area (Å²) in [6.07, 6.45) is 3.32. The van der Waals surface area contributed by atoms with Gasteiger partial charge in [0, 0.05) is 23.1 Å². The molecule has 4 nitrogen and oxygen atoms in total. The van der Waals surface area contributed by atoms with E-state index in [9.17, 15) is 0 Å². The van der Waals surface area contributed by atoms with Gasteiger partial charge >= 0.3 is 0 Å². The van der Waals surface area contributed by atoms with Crippen molar-refractivity contribution in [3.8, 4) is 6.07 Å². The highest BCUT2D eigenvalue weighted by molar-refractivity contribution is 6.31. The molecule has 1 aromatic heterocycles. The van der Waals surface area contributed by atoms with Gasteiger partial charge in [-0.1, -0.05) is 11.6 Å². The first kappa shape index (κ1) is 10.5. The number of benzene rings is 1. The van der Waals surface area contributed by atoms with E-state index in [0.717, 1.165) is 5.56 Å². The minimum absolute atomic E-state index is 0.360. The lowest BCUT2D eigenvalue weighted by atomic mass is 10.2. The summed E-state index contributed by atoms with van der Waals surface area (Å²) in [4.78, 5) is 3.91. The molecule has 2 rings (SSSR count). The van der Waals surface area contributed by atoms with Gasteiger partial charge in [0.25, 0.3) is 0 Å². The van der Waals surface area contributed by atoms with Crippen molar-refractivity contribution >= 4 is 17.3 Å². The summed E-state index contributed by atoms with van der Waals surface area (Å²) < 4.78 is 1.72. The van der Waals surface area contributed by atoms with Crippen LogP contribution in [0.25, 0.3) is 0 Å². The highest BCUT2D eigenvalue weighted by Gasteiger charge is 2.05. The zero-order valence-electron chi connectivity index (χ0n) is 8.39. The number of aromatic nitrogens is 2. The fourth-order valence-corrected chi connectivity index (χ4v) is 1.63. The third kappa shape index (κ3) is 2.00. The Morgan fingerprint density at radius 1 is 1.50 bits per heavy atom. The summed E-state index contributed by atoms with van der Waals surface area (Å²) >= 11 is 6.04. The van der Waals surface area contributed by atoms with Crippen LogP contribution in [0, 0.1) is 11.3 Å². The molecule has 0 unspecified atom stereocenters. The Bertz CT molecular complexity index is 553. The Labute approximate surface area is 97.9 Å². The van der Waals surface area contributed by atoms with E-state index in [4.69, 9.17) is 22.6 Å². The first-order valence-corrected chi connectivity index (χ1v) is 5.03. The fraction of sp³-hybridized carbons (Fsp3) is 0.0909. The Hall–Kier alpha value is -1.99. The van der Waals surface area contributed by atoms with Crippen molar-refractivity contribution < 1.29 is 0 Å². The largest absolute Gasteiger partial charge is 0.399 e. The van der Waals surface area contributed by atoms with Crippen LogP contribution in [0.5, 0.6) is 0 Å². The van der Waals surface area contributed by atoms with Gasteiger partial charge in [-0.15, -0.1) is 0 Å². The summed E-state index contributed by atoms with van der Waals surface area (Å²) in [7, 11) is 0. The zero-order chi connectivity index (χ0) is 11.5. The molecule has 0 atom stereocenters. The molecule has 0 saturated carbocycles. The smallest absolute Gasteiger partial charge is 0.213 e. The van der Waals surface area contributed by atoms with Crippen LogP contribution in [-0.4, -0.2) is 9.55 Å². The summed E-state index contributed by atoms with van der Waals surface area (Å²) in [6.45, 7) is 0.493. The highest BCUT2D eigenvalue weighted by Crippen LogP contribution is 2.20. The van der Waals surface area contributed by atoms with Gasteiger partial charge in [-0.25, -0.2) is 4.98 Å². The molecule has 80 valence electrons. The zero-order valence-corrected chi connectivity index (χ0v) is 9.15. The van der Waals surface area contributed by atoms with Gasteiger partial charge in [0.15, 0.2) is 0 Å². The number of rotatable bonds is 2. The molecule has 0 aliphatic carbocycles. The molecule has 2 N–H and O–H groups in total. The summed E-state index contributed by atoms with van der Waals surface area (Å²) in [5.41, 5.74) is 7.20. The number of imidazole rings is 1. The fourth-order valence-electron chi connectivity index (χ4n) is 1.45. The van der Waals surface area contributed by atoms with Gasteiger partial charge in [-0.05, 0) is 23.8 Å². The monoisotopic (exact) mass is 232 g/mol. The lowest BCUT2D eigenvalue weighted by Gasteiger charge is -2.07. The first-order chi connectivity index (χ1) is 7.70. The molecule has 16 heavy (non-hydrogen) atoms. The van der Waals surface area contributed by atoms with Crippen LogP contribution in [0.2, 0.25) is 5.02 Å². The molecule has 0 aliphatic heterocycles. The summed E-state index contributed by atoms with van der Waals surface area (Å²) in [6, 6.07) is 7.29. The predicted molar refractivity (Wildman–Crippen MR) is 61.9 cm³/mol. The van der Waals surface area contributed by atoms with E-state index < -0.39 is 0 Å². The van der Waals surface area contributed by atoms with Crippen molar-refractivity contribution in [2.45, 2.75) is 6.54 Å². The van der Waals surface area contributed by atoms with E-state index in [-0.39, 0.29) is 0 Å². The maximum absolute atomic E-state index is 8.82. The number of nitrogen functional groups attached to an aromatic ring is 1. The normalized spacial score (nSPS) is 10.0. The van der Waals surface area contributed by atoms with E-state index >= 15 is 0 Å². The molecule has 0 radical (unpaired) electrons. The molecule has 0 spiro atoms. The van der Waals surface area contributed by atoms with E-state index in [1.807, 2.05) is 6.07 Å². The number of hydrogen-bond donors (Lipinski definition) is 1. The Balaban J connectivity index is 2.34. The second-order valence-corrected chi connectivity index (χ2v) is 3.75. The highest BCUT2D eigenvalue weighted by atomic mass is 35.5. The third-order valence-electron chi connectivity index (χ3n) is 2.23. The molecule has 0 bridgehead atoms. The molecule has 0 fully saturated rings. The van der Waals surface area contributed by atoms with Crippen LogP contribution < -0.4 is 5.73 Å². The van der Waals surface area contributed by atoms with Gasteiger partial charge in [-0.2, -0.15) is 5.26 Å². The standard InChI is InChI=1S/C11H9ClN4/c12-10-2-1-9(14)5-8(10)7-16-4-3-15-11(16)6-13/h1-5H,7,14H2. The molecule has 1 heterocycles. The topological polar surface area (TPSA) is 67.6 Å². The molecular formula is C11H9ClN4. The van der Waals surface area contributed by atoms with Crippen molar-refractivity contribution in [3.05, 3.63) is 47.0 Å². The average molecular weight is 233 g/mol. The van der Waals surface area contributed by atoms with Crippen molar-refractivity contribution in [1.29, 1.82) is 5.26 Å². The summed E-state index contributed by atoms with van der Waals surface area (Å²) in [5.74, 6) is 0.360. The lowest BCUT2D eigenvalue weighted by molar-refractivity contribution is 0.783. The Kier molecular flexibility index (Phi) is 2.80. The number of halogens is 1. The van der Waals surface area contributed by atoms with Crippen molar-refractivity contribution in [3.63, 3.8) is 0 Å². The summed E-state index contributed by atoms with van der Waals surface area (Å²) in [5, 5.41) is 9.45. The van der Waals surface area contributed by atoms with E-state index in [1.54, 1.807) is 35.2 Å². The van der Waals surface area contributed by atoms with Crippen LogP contribution in [0.15, 0.2) is 30.6 Å². The minimum Gasteiger partial charge on any atom is -0.399 e. The molecule has 0 saturated heterocycles. The molecular weight excluding hydrogens is 224 g/mol. The quantitative estimate of drug-likeness (QED) is 0.806. The number of anilines is 1. The lowest BCUT2D eigenvalue weighted by Crippen LogP contribution is -2.02. The maximum atomic E-state index is 8.82. The molecule has 0 aliphatic rings. The van der Waals surface area contributed by atoms with E-state index in [2.05, 4.69) is 4.98 Å². The van der Waals surface area contributed by atoms with E-state index in [1.165, 1.54) is 0 Å². The average Bonchev–Trinajstić information content (AvgIpc) is 2.71. The SMILES string of the molecule is N#Cc1nccn1Cc1cc(N)ccc1Cl. The van der Waals surface area contributed by atoms with Crippen LogP contribution in [0.3, 0.4) is 0 Å². The number of nitriles is 1. The van der Waals surface area contributed by atoms with Crippen molar-refractivity contribution in [2.24, 2.45) is 0 Å². The van der Waals surface area contributed by atoms with E-state index in [0.29, 0.717) is 23.1 Å². The van der Waals surface area contributed by atoms with Gasteiger partial charge in [0.2, 0.25) is 5.82 Å². The van der Waals surface area contributed by atoms with Crippen LogP contribution >= 0.6 is 11.6 Å².